The van der Waals surface area contributed by atoms with Gasteiger partial charge in [-0.15, -0.1) is 0 Å². The first kappa shape index (κ1) is 20.6. The molecular weight excluding hydrogens is 366 g/mol. The van der Waals surface area contributed by atoms with Gasteiger partial charge in [0.05, 0.1) is 12.8 Å². The van der Waals surface area contributed by atoms with Crippen molar-refractivity contribution >= 4 is 23.2 Å². The van der Waals surface area contributed by atoms with Gasteiger partial charge in [0.1, 0.15) is 5.75 Å². The number of rotatable bonds is 6. The van der Waals surface area contributed by atoms with Crippen molar-refractivity contribution in [1.29, 1.82) is 0 Å². The Morgan fingerprint density at radius 3 is 2.17 bits per heavy atom. The van der Waals surface area contributed by atoms with E-state index < -0.39 is 0 Å². The first-order valence-electron chi connectivity index (χ1n) is 9.97. The molecule has 1 aliphatic rings. The number of nitrogens with one attached hydrogen (secondary N) is 2. The quantitative estimate of drug-likeness (QED) is 0.565. The summed E-state index contributed by atoms with van der Waals surface area (Å²) in [6.07, 6.45) is 5.37. The van der Waals surface area contributed by atoms with Gasteiger partial charge < -0.3 is 10.1 Å². The molecule has 2 N–H and O–H groups in total. The summed E-state index contributed by atoms with van der Waals surface area (Å²) in [5.41, 5.74) is 5.34. The lowest BCUT2D eigenvalue weighted by molar-refractivity contribution is -0.120. The van der Waals surface area contributed by atoms with Crippen LogP contribution in [0.15, 0.2) is 53.6 Å². The molecule has 1 fully saturated rings. The zero-order chi connectivity index (χ0) is 20.6. The average Bonchev–Trinajstić information content (AvgIpc) is 2.78. The van der Waals surface area contributed by atoms with Gasteiger partial charge in [-0.2, -0.15) is 5.10 Å². The molecule has 0 saturated heterocycles. The molecule has 0 unspecified atom stereocenters. The molecule has 0 radical (unpaired) electrons. The molecule has 152 valence electrons. The second kappa shape index (κ2) is 9.87. The number of benzene rings is 2. The Balaban J connectivity index is 1.55. The average molecular weight is 393 g/mol. The van der Waals surface area contributed by atoms with Crippen LogP contribution in [0.2, 0.25) is 0 Å². The lowest BCUT2D eigenvalue weighted by Crippen LogP contribution is -2.24. The van der Waals surface area contributed by atoms with Crippen LogP contribution < -0.4 is 15.5 Å². The van der Waals surface area contributed by atoms with Gasteiger partial charge in [0.15, 0.2) is 0 Å². The summed E-state index contributed by atoms with van der Waals surface area (Å²) in [4.78, 5) is 24.7. The van der Waals surface area contributed by atoms with Crippen LogP contribution in [0.5, 0.6) is 5.75 Å². The minimum absolute atomic E-state index is 0.0709. The van der Waals surface area contributed by atoms with Gasteiger partial charge in [-0.1, -0.05) is 19.3 Å². The van der Waals surface area contributed by atoms with E-state index >= 15 is 0 Å². The van der Waals surface area contributed by atoms with E-state index in [1.807, 2.05) is 31.2 Å². The third-order valence-electron chi connectivity index (χ3n) is 5.22. The third kappa shape index (κ3) is 5.67. The van der Waals surface area contributed by atoms with E-state index in [0.717, 1.165) is 37.0 Å². The minimum atomic E-state index is -0.303. The van der Waals surface area contributed by atoms with E-state index in [-0.39, 0.29) is 17.7 Å². The number of hydrogen-bond acceptors (Lipinski definition) is 4. The molecule has 2 aromatic rings. The zero-order valence-electron chi connectivity index (χ0n) is 16.9. The van der Waals surface area contributed by atoms with Gasteiger partial charge >= 0.3 is 0 Å². The lowest BCUT2D eigenvalue weighted by atomic mass is 9.88. The largest absolute Gasteiger partial charge is 0.497 e. The Morgan fingerprint density at radius 1 is 0.931 bits per heavy atom. The van der Waals surface area contributed by atoms with Gasteiger partial charge in [-0.25, -0.2) is 5.43 Å². The van der Waals surface area contributed by atoms with Crippen molar-refractivity contribution in [1.82, 2.24) is 5.43 Å². The number of nitrogens with zero attached hydrogens (tertiary/aromatic N) is 1. The molecule has 0 heterocycles. The van der Waals surface area contributed by atoms with Crippen molar-refractivity contribution < 1.29 is 14.3 Å². The van der Waals surface area contributed by atoms with Crippen LogP contribution in [-0.4, -0.2) is 24.6 Å². The topological polar surface area (TPSA) is 79.8 Å². The summed E-state index contributed by atoms with van der Waals surface area (Å²) in [5.74, 6) is 0.632. The normalized spacial score (nSPS) is 14.9. The highest BCUT2D eigenvalue weighted by atomic mass is 16.5. The Kier molecular flexibility index (Phi) is 7.00. The molecule has 6 nitrogen and oxygen atoms in total. The van der Waals surface area contributed by atoms with Crippen molar-refractivity contribution in [3.63, 3.8) is 0 Å². The Morgan fingerprint density at radius 2 is 1.55 bits per heavy atom. The first-order chi connectivity index (χ1) is 14.1. The highest BCUT2D eigenvalue weighted by Gasteiger charge is 2.21. The van der Waals surface area contributed by atoms with Crippen molar-refractivity contribution in [2.24, 2.45) is 11.0 Å². The molecule has 2 amide bonds. The molecule has 6 heteroatoms. The van der Waals surface area contributed by atoms with Crippen LogP contribution in [0.4, 0.5) is 5.69 Å². The summed E-state index contributed by atoms with van der Waals surface area (Å²) < 4.78 is 5.14. The molecule has 0 bridgehead atoms. The number of methoxy groups -OCH3 is 1. The van der Waals surface area contributed by atoms with Crippen molar-refractivity contribution in [2.45, 2.75) is 39.0 Å². The number of carbonyl (C=O) groups is 2. The first-order valence-corrected chi connectivity index (χ1v) is 9.97. The predicted octanol–water partition coefficient (Wildman–Crippen LogP) is 4.37. The fourth-order valence-corrected chi connectivity index (χ4v) is 3.41. The number of ether oxygens (including phenoxy) is 1. The van der Waals surface area contributed by atoms with E-state index in [4.69, 9.17) is 4.74 Å². The van der Waals surface area contributed by atoms with Gasteiger partial charge in [0, 0.05) is 17.2 Å². The lowest BCUT2D eigenvalue weighted by Gasteiger charge is -2.20. The summed E-state index contributed by atoms with van der Waals surface area (Å²) in [6.45, 7) is 1.83. The van der Waals surface area contributed by atoms with E-state index in [1.54, 1.807) is 31.4 Å². The Hall–Kier alpha value is -3.15. The Labute approximate surface area is 171 Å². The predicted molar refractivity (Wildman–Crippen MR) is 114 cm³/mol. The van der Waals surface area contributed by atoms with Gasteiger partial charge in [0.25, 0.3) is 5.91 Å². The van der Waals surface area contributed by atoms with E-state index in [9.17, 15) is 9.59 Å². The molecule has 0 spiro atoms. The second-order valence-corrected chi connectivity index (χ2v) is 7.27. The summed E-state index contributed by atoms with van der Waals surface area (Å²) in [6, 6.07) is 14.3. The molecule has 1 aliphatic carbocycles. The summed E-state index contributed by atoms with van der Waals surface area (Å²) in [5, 5.41) is 7.12. The number of carbonyl (C=O) groups excluding carboxylic acids is 2. The van der Waals surface area contributed by atoms with Crippen molar-refractivity contribution in [3.05, 3.63) is 59.7 Å². The van der Waals surface area contributed by atoms with Gasteiger partial charge in [0.2, 0.25) is 5.91 Å². The van der Waals surface area contributed by atoms with Crippen LogP contribution in [0.1, 0.15) is 54.9 Å². The van der Waals surface area contributed by atoms with Crippen molar-refractivity contribution in [3.8, 4) is 5.75 Å². The highest BCUT2D eigenvalue weighted by Crippen LogP contribution is 2.25. The molecule has 29 heavy (non-hydrogen) atoms. The number of anilines is 1. The number of amides is 2. The van der Waals surface area contributed by atoms with Gasteiger partial charge in [-0.3, -0.25) is 9.59 Å². The molecule has 0 atom stereocenters. The maximum Gasteiger partial charge on any atom is 0.271 e. The van der Waals surface area contributed by atoms with Gasteiger partial charge in [-0.05, 0) is 73.9 Å². The smallest absolute Gasteiger partial charge is 0.271 e. The SMILES string of the molecule is COc1ccc(C(C)=NNC(=O)c2ccc(NC(=O)C3CCCCC3)cc2)cc1. The molecule has 2 aromatic carbocycles. The fraction of sp³-hybridized carbons (Fsp3) is 0.348. The third-order valence-corrected chi connectivity index (χ3v) is 5.22. The molecule has 1 saturated carbocycles. The molecule has 0 aromatic heterocycles. The standard InChI is InChI=1S/C23H27N3O3/c1-16(17-10-14-21(29-2)15-11-17)25-26-23(28)19-8-12-20(13-9-19)24-22(27)18-6-4-3-5-7-18/h8-15,18H,3-7H2,1-2H3,(H,24,27)(H,26,28). The van der Waals surface area contributed by atoms with Crippen molar-refractivity contribution in [2.75, 3.05) is 12.4 Å². The number of hydrogen-bond donors (Lipinski definition) is 2. The summed E-state index contributed by atoms with van der Waals surface area (Å²) in [7, 11) is 1.61. The zero-order valence-corrected chi connectivity index (χ0v) is 16.9. The summed E-state index contributed by atoms with van der Waals surface area (Å²) >= 11 is 0. The monoisotopic (exact) mass is 393 g/mol. The maximum absolute atomic E-state index is 12.3. The van der Waals surface area contributed by atoms with Crippen LogP contribution in [0.25, 0.3) is 0 Å². The Bertz CT molecular complexity index is 867. The maximum atomic E-state index is 12.3. The fourth-order valence-electron chi connectivity index (χ4n) is 3.41. The molecular formula is C23H27N3O3. The van der Waals surface area contributed by atoms with E-state index in [1.165, 1.54) is 6.42 Å². The van der Waals surface area contributed by atoms with Crippen LogP contribution in [-0.2, 0) is 4.79 Å². The van der Waals surface area contributed by atoms with E-state index in [0.29, 0.717) is 17.0 Å². The molecule has 3 rings (SSSR count). The number of hydrazone groups is 1. The van der Waals surface area contributed by atoms with E-state index in [2.05, 4.69) is 15.8 Å². The van der Waals surface area contributed by atoms with Crippen LogP contribution in [0.3, 0.4) is 0 Å². The minimum Gasteiger partial charge on any atom is -0.497 e. The van der Waals surface area contributed by atoms with Crippen LogP contribution in [0, 0.1) is 5.92 Å². The van der Waals surface area contributed by atoms with Crippen LogP contribution >= 0.6 is 0 Å². The highest BCUT2D eigenvalue weighted by molar-refractivity contribution is 6.01. The molecule has 0 aliphatic heterocycles. The second-order valence-electron chi connectivity index (χ2n) is 7.27.